The Morgan fingerprint density at radius 2 is 0.676 bits per heavy atom. The lowest BCUT2D eigenvalue weighted by atomic mass is 9.82. The van der Waals surface area contributed by atoms with Crippen LogP contribution in [0.5, 0.6) is 23.0 Å². The molecule has 8 aromatic rings. The number of hydrogen-bond acceptors (Lipinski definition) is 18. The van der Waals surface area contributed by atoms with Crippen molar-refractivity contribution in [2.45, 2.75) is 240 Å². The molecule has 0 bridgehead atoms. The van der Waals surface area contributed by atoms with Gasteiger partial charge in [-0.2, -0.15) is 13.2 Å². The zero-order chi connectivity index (χ0) is 104. The lowest BCUT2D eigenvalue weighted by molar-refractivity contribution is -0.185. The first-order valence-corrected chi connectivity index (χ1v) is 52.1. The third kappa shape index (κ3) is 24.6. The van der Waals surface area contributed by atoms with Crippen LogP contribution in [-0.2, 0) is 108 Å². The molecule has 780 valence electrons. The summed E-state index contributed by atoms with van der Waals surface area (Å²) in [6.45, 7) is 43.0. The summed E-state index contributed by atoms with van der Waals surface area (Å²) in [6.07, 6.45) is 5.71. The third-order valence-corrected chi connectivity index (χ3v) is 31.2. The number of nitrogens with zero attached hydrogens (tertiary/aromatic N) is 10. The van der Waals surface area contributed by atoms with Crippen LogP contribution in [0.4, 0.5) is 13.2 Å². The number of halogens is 3. The van der Waals surface area contributed by atoms with E-state index in [1.165, 1.54) is 24.0 Å². The Bertz CT molecular complexity index is 6350. The average Bonchev–Trinajstić information content (AvgIpc) is 1.60. The van der Waals surface area contributed by atoms with Gasteiger partial charge in [-0.05, 0) is 229 Å². The molecule has 31 heteroatoms. The van der Waals surface area contributed by atoms with E-state index in [2.05, 4.69) is 149 Å². The number of piperidine rings is 6. The molecular weight excluding hydrogens is 1880 g/mol. The summed E-state index contributed by atoms with van der Waals surface area (Å²) in [4.78, 5) is 147. The Kier molecular flexibility index (Phi) is 32.8. The summed E-state index contributed by atoms with van der Waals surface area (Å²) in [5, 5.41) is 11.2. The molecule has 4 N–H and O–H groups in total. The number of carbonyl (C=O) groups is 10. The van der Waals surface area contributed by atoms with Crippen molar-refractivity contribution in [3.63, 3.8) is 0 Å². The van der Waals surface area contributed by atoms with Crippen molar-refractivity contribution in [3.05, 3.63) is 308 Å². The Morgan fingerprint density at radius 1 is 0.351 bits per heavy atom. The predicted octanol–water partition coefficient (Wildman–Crippen LogP) is 16.3. The smallest absolute Gasteiger partial charge is 0.391 e. The number of alkyl halides is 3. The van der Waals surface area contributed by atoms with Gasteiger partial charge in [-0.3, -0.25) is 67.5 Å². The largest absolute Gasteiger partial charge is 0.489 e. The highest BCUT2D eigenvalue weighted by Crippen LogP contribution is 2.44. The summed E-state index contributed by atoms with van der Waals surface area (Å²) in [6, 6.07) is 54.0. The van der Waals surface area contributed by atoms with Crippen molar-refractivity contribution >= 4 is 59.1 Å². The number of benzene rings is 8. The van der Waals surface area contributed by atoms with E-state index >= 15 is 0 Å². The van der Waals surface area contributed by atoms with Crippen molar-refractivity contribution < 1.29 is 80.1 Å². The summed E-state index contributed by atoms with van der Waals surface area (Å²) in [7, 11) is 0. The molecule has 28 nitrogen and oxygen atoms in total. The molecule has 20 rings (SSSR count). The molecule has 0 radical (unpaired) electrons. The van der Waals surface area contributed by atoms with Gasteiger partial charge in [0.1, 0.15) is 72.6 Å². The Hall–Kier alpha value is -13.8. The average molecular weight is 2020 g/mol. The number of nitrogens with one attached hydrogen (secondary N) is 4. The van der Waals surface area contributed by atoms with E-state index in [0.717, 1.165) is 140 Å². The number of piperazine rings is 2. The van der Waals surface area contributed by atoms with Crippen molar-refractivity contribution in [1.29, 1.82) is 0 Å². The highest BCUT2D eigenvalue weighted by atomic mass is 19.4. The fourth-order valence-corrected chi connectivity index (χ4v) is 21.5. The number of hydrogen-bond donors (Lipinski definition) is 4. The Morgan fingerprint density at radius 3 is 1.01 bits per heavy atom. The Balaban J connectivity index is 0.000000135. The van der Waals surface area contributed by atoms with E-state index in [-0.39, 0.29) is 71.9 Å². The molecule has 4 atom stereocenters. The maximum Gasteiger partial charge on any atom is 0.391 e. The minimum atomic E-state index is -4.10. The van der Waals surface area contributed by atoms with Crippen molar-refractivity contribution in [3.8, 4) is 23.0 Å². The number of carbonyl (C=O) groups excluding carboxylic acids is 10. The number of ether oxygens (including phenoxy) is 4. The highest BCUT2D eigenvalue weighted by Gasteiger charge is 2.51. The van der Waals surface area contributed by atoms with Crippen LogP contribution in [0.3, 0.4) is 0 Å². The third-order valence-electron chi connectivity index (χ3n) is 31.2. The van der Waals surface area contributed by atoms with Crippen LogP contribution < -0.4 is 40.2 Å². The maximum absolute atomic E-state index is 13.3. The van der Waals surface area contributed by atoms with Gasteiger partial charge >= 0.3 is 6.18 Å². The molecule has 0 spiro atoms. The van der Waals surface area contributed by atoms with Gasteiger partial charge in [0.2, 0.25) is 35.4 Å². The molecule has 0 saturated carbocycles. The van der Waals surface area contributed by atoms with Gasteiger partial charge < -0.3 is 69.6 Å². The molecule has 0 aromatic heterocycles. The van der Waals surface area contributed by atoms with Crippen LogP contribution >= 0.6 is 0 Å². The van der Waals surface area contributed by atoms with Crippen LogP contribution in [-0.4, -0.2) is 216 Å². The normalized spacial score (nSPS) is 21.9. The summed E-state index contributed by atoms with van der Waals surface area (Å²) >= 11 is 0. The number of likely N-dealkylation sites (N-methyl/N-ethyl adjacent to an activating group) is 1. The molecule has 148 heavy (non-hydrogen) atoms. The fraction of sp³-hybridized carbons (Fsp3) is 0.436. The van der Waals surface area contributed by atoms with E-state index < -0.39 is 35.3 Å². The zero-order valence-corrected chi connectivity index (χ0v) is 85.9. The molecule has 8 saturated heterocycles. The molecule has 10 amide bonds. The van der Waals surface area contributed by atoms with Crippen LogP contribution in [0.1, 0.15) is 240 Å². The van der Waals surface area contributed by atoms with Gasteiger partial charge in [-0.1, -0.05) is 175 Å². The van der Waals surface area contributed by atoms with E-state index in [4.69, 9.17) is 18.9 Å². The number of likely N-dealkylation sites (tertiary alicyclic amines) is 2. The van der Waals surface area contributed by atoms with E-state index in [9.17, 15) is 61.1 Å². The van der Waals surface area contributed by atoms with Crippen molar-refractivity contribution in [2.75, 3.05) is 78.5 Å². The Labute approximate surface area is 865 Å². The molecule has 8 fully saturated rings. The molecule has 12 aliphatic heterocycles. The molecule has 8 aromatic carbocycles. The van der Waals surface area contributed by atoms with Gasteiger partial charge in [0.05, 0.1) is 45.2 Å². The minimum absolute atomic E-state index is 0.119. The number of allylic oxidation sites excluding steroid dienone is 4. The first-order valence-electron chi connectivity index (χ1n) is 52.1. The highest BCUT2D eigenvalue weighted by molar-refractivity contribution is 6.06. The van der Waals surface area contributed by atoms with Crippen LogP contribution in [0.25, 0.3) is 0 Å². The fourth-order valence-electron chi connectivity index (χ4n) is 21.5. The van der Waals surface area contributed by atoms with Gasteiger partial charge in [0.25, 0.3) is 23.6 Å². The predicted molar refractivity (Wildman–Crippen MR) is 555 cm³/mol. The standard InChI is InChI=1S/C30H36N4O4.C30H37N3O3.C29H32F3N3O3.C28H32N4O4/c1-3-4-14-33-16-15-32(19-28(33)35)17-22-9-11-23(12-10-22)20-38-27-7-5-6-24-25(27)18-34(30(24)37)26-13-8-21(2)31-29(26)36;1-21-12-13-30(4,28(35)31-21)33-19-25-24(27(33)34)6-5-7-26(25)36-20-23-10-8-22(9-11-23)18-32-16-14-29(2,3)15-17-32;1-19-10-13-28(2,27(37)33-19)35-17-24-23(26(35)36)4-3-5-25(24)38-18-21-8-6-20(7-9-21)16-34-14-11-22(12-15-34)29(30,31)32;1-3-31-14-13-30(17-26(31)33)15-20-8-10-21(11-9-20)18-36-25-6-4-5-22-23(25)16-32(28(22)35)24-12-7-19(2)29-27(24)34/h5-7,9-12,26H,2-4,8,13-20H2,1H3,(H,31,36);5-11H,1,12-20H2,2-4H3,(H,31,35);3-9,22H,1,10-18H2,2H3,(H,33,37);4-6,8-11,24H,2-3,7,12-18H2,1H3,(H,29,34)/t;30-;28-;/m.00./s1. The van der Waals surface area contributed by atoms with Crippen LogP contribution in [0, 0.1) is 11.3 Å². The number of fused-ring (bicyclic) bond motifs is 4. The van der Waals surface area contributed by atoms with Gasteiger partial charge in [-0.25, -0.2) is 0 Å². The number of unbranched alkanes of at least 4 members (excludes halogenated alkanes) is 1. The van der Waals surface area contributed by atoms with Gasteiger partial charge in [-0.15, -0.1) is 0 Å². The van der Waals surface area contributed by atoms with E-state index in [1.807, 2.05) is 109 Å². The SMILES string of the molecule is C=C1CCC(N2Cc3c(OCc4ccc(CN5CCN(CC)C(=O)C5)cc4)cccc3C2=O)C(=O)N1.C=C1CCC(N2Cc3c(OCc4ccc(CN5CCN(CCCC)C(=O)C5)cc4)cccc3C2=O)C(=O)N1.C=C1CC[C@](C)(N2Cc3c(OCc4ccc(CN5CCC(C(F)(F)F)CC5)cc4)cccc3C2=O)C(=O)N1.C=C1CC[C@](C)(N2Cc3c(OCc4ccc(CN5CCC(C)(C)CC5)cc4)cccc3C2=O)C(=O)N1. The zero-order valence-electron chi connectivity index (χ0n) is 85.9. The van der Waals surface area contributed by atoms with Crippen LogP contribution in [0.2, 0.25) is 0 Å². The molecule has 2 unspecified atom stereocenters. The summed E-state index contributed by atoms with van der Waals surface area (Å²) < 4.78 is 63.3. The quantitative estimate of drug-likeness (QED) is 0.0354. The topological polar surface area (TPSA) is 288 Å². The molecule has 0 aliphatic carbocycles. The number of rotatable bonds is 28. The van der Waals surface area contributed by atoms with Crippen molar-refractivity contribution in [1.82, 2.24) is 70.3 Å². The molecule has 12 heterocycles. The second-order valence-electron chi connectivity index (χ2n) is 42.3. The molecule has 12 aliphatic rings. The second-order valence-corrected chi connectivity index (χ2v) is 42.3. The van der Waals surface area contributed by atoms with Gasteiger partial charge in [0.15, 0.2) is 0 Å². The summed E-state index contributed by atoms with van der Waals surface area (Å²) in [5.74, 6) is 0.560. The van der Waals surface area contributed by atoms with E-state index in [1.54, 1.807) is 50.8 Å². The maximum atomic E-state index is 13.3. The summed E-state index contributed by atoms with van der Waals surface area (Å²) in [5.41, 5.74) is 15.8. The number of amides is 10. The second kappa shape index (κ2) is 45.9. The monoisotopic (exact) mass is 2020 g/mol. The molecular formula is C117H137F3N14O14. The van der Waals surface area contributed by atoms with Gasteiger partial charge in [0, 0.05) is 133 Å². The van der Waals surface area contributed by atoms with Crippen molar-refractivity contribution in [2.24, 2.45) is 11.3 Å². The van der Waals surface area contributed by atoms with Crippen LogP contribution in [0.15, 0.2) is 219 Å². The first kappa shape index (κ1) is 106. The first-order chi connectivity index (χ1) is 71.0. The van der Waals surface area contributed by atoms with E-state index in [0.29, 0.717) is 210 Å². The lowest BCUT2D eigenvalue weighted by Crippen LogP contribution is -2.59. The lowest BCUT2D eigenvalue weighted by Gasteiger charge is -2.40. The minimum Gasteiger partial charge on any atom is -0.489 e.